The van der Waals surface area contributed by atoms with Crippen molar-refractivity contribution in [3.05, 3.63) is 54.4 Å². The number of hydrogen-bond donors (Lipinski definition) is 1. The molecule has 1 N–H and O–H groups in total. The first-order chi connectivity index (χ1) is 11.6. The van der Waals surface area contributed by atoms with Crippen LogP contribution in [0.2, 0.25) is 0 Å². The molecule has 0 spiro atoms. The van der Waals surface area contributed by atoms with E-state index in [9.17, 15) is 31.1 Å². The van der Waals surface area contributed by atoms with Crippen LogP contribution < -0.4 is 10.1 Å². The fraction of sp³-hybridized carbons (Fsp3) is 0.200. The van der Waals surface area contributed by atoms with Crippen LogP contribution in [0.25, 0.3) is 0 Å². The van der Waals surface area contributed by atoms with Gasteiger partial charge >= 0.3 is 12.3 Å². The quantitative estimate of drug-likeness (QED) is 0.809. The van der Waals surface area contributed by atoms with Crippen molar-refractivity contribution in [1.82, 2.24) is 4.98 Å². The number of halogens is 6. The predicted molar refractivity (Wildman–Crippen MR) is 75.2 cm³/mol. The van der Waals surface area contributed by atoms with E-state index in [-0.39, 0.29) is 11.3 Å². The monoisotopic (exact) mass is 364 g/mol. The number of hydrogen-bond acceptors (Lipinski definition) is 3. The van der Waals surface area contributed by atoms with Crippen LogP contribution in [0.15, 0.2) is 48.8 Å². The maximum atomic E-state index is 13.1. The van der Waals surface area contributed by atoms with Crippen LogP contribution >= 0.6 is 0 Å². The molecule has 1 heterocycles. The molecule has 1 amide bonds. The number of nitrogens with one attached hydrogen (secondary N) is 1. The third kappa shape index (κ3) is 4.85. The van der Waals surface area contributed by atoms with Crippen LogP contribution in [-0.2, 0) is 0 Å². The van der Waals surface area contributed by atoms with Gasteiger partial charge in [0, 0.05) is 18.1 Å². The highest BCUT2D eigenvalue weighted by molar-refractivity contribution is 6.04. The van der Waals surface area contributed by atoms with Gasteiger partial charge in [-0.15, -0.1) is 0 Å². The highest BCUT2D eigenvalue weighted by Gasteiger charge is 2.59. The minimum Gasteiger partial charge on any atom is -0.430 e. The Morgan fingerprint density at radius 2 is 1.72 bits per heavy atom. The third-order valence-corrected chi connectivity index (χ3v) is 2.87. The summed E-state index contributed by atoms with van der Waals surface area (Å²) in [5.74, 6) is -1.23. The van der Waals surface area contributed by atoms with Crippen molar-refractivity contribution in [2.75, 3.05) is 5.32 Å². The van der Waals surface area contributed by atoms with Crippen LogP contribution in [-0.4, -0.2) is 29.3 Å². The molecule has 0 saturated carbocycles. The van der Waals surface area contributed by atoms with Crippen molar-refractivity contribution < 1.29 is 35.9 Å². The molecule has 0 saturated heterocycles. The Morgan fingerprint density at radius 1 is 1.08 bits per heavy atom. The zero-order valence-electron chi connectivity index (χ0n) is 12.2. The van der Waals surface area contributed by atoms with Crippen molar-refractivity contribution in [2.45, 2.75) is 18.5 Å². The number of rotatable bonds is 5. The maximum absolute atomic E-state index is 13.1. The van der Waals surface area contributed by atoms with Crippen LogP contribution in [0.3, 0.4) is 0 Å². The fourth-order valence-corrected chi connectivity index (χ4v) is 1.71. The molecule has 2 rings (SSSR count). The first-order valence-electron chi connectivity index (χ1n) is 6.68. The van der Waals surface area contributed by atoms with Gasteiger partial charge in [-0.05, 0) is 36.4 Å². The summed E-state index contributed by atoms with van der Waals surface area (Å²) in [5, 5.41) is 2.42. The van der Waals surface area contributed by atoms with E-state index in [0.29, 0.717) is 0 Å². The molecule has 0 aliphatic heterocycles. The van der Waals surface area contributed by atoms with Gasteiger partial charge in [0.1, 0.15) is 5.75 Å². The summed E-state index contributed by atoms with van der Waals surface area (Å²) < 4.78 is 78.9. The molecule has 1 aromatic heterocycles. The zero-order valence-corrected chi connectivity index (χ0v) is 12.2. The van der Waals surface area contributed by atoms with Crippen molar-refractivity contribution in [3.8, 4) is 5.75 Å². The van der Waals surface area contributed by atoms with Gasteiger partial charge in [-0.25, -0.2) is 4.39 Å². The van der Waals surface area contributed by atoms with E-state index in [1.165, 1.54) is 24.5 Å². The summed E-state index contributed by atoms with van der Waals surface area (Å²) in [6.45, 7) is 0. The van der Waals surface area contributed by atoms with Crippen molar-refractivity contribution in [1.29, 1.82) is 0 Å². The van der Waals surface area contributed by atoms with E-state index >= 15 is 0 Å². The summed E-state index contributed by atoms with van der Waals surface area (Å²) in [7, 11) is 0. The fourth-order valence-electron chi connectivity index (χ4n) is 1.71. The lowest BCUT2D eigenvalue weighted by atomic mass is 10.2. The Labute approximate surface area is 137 Å². The molecule has 0 fully saturated rings. The number of carbonyl (C=O) groups excluding carboxylic acids is 1. The molecule has 0 aliphatic carbocycles. The molecule has 2 aromatic rings. The average Bonchev–Trinajstić information content (AvgIpc) is 2.55. The van der Waals surface area contributed by atoms with Crippen LogP contribution in [0.1, 0.15) is 10.4 Å². The van der Waals surface area contributed by atoms with Gasteiger partial charge in [-0.3, -0.25) is 9.78 Å². The van der Waals surface area contributed by atoms with Crippen molar-refractivity contribution in [3.63, 3.8) is 0 Å². The standard InChI is InChI=1S/C15H10F6N2O2/c16-13(14(17,18)19)15(20,21)25-11-5-3-10(4-6-11)23-12(24)9-2-1-7-22-8-9/h1-8,13H,(H,23,24). The van der Waals surface area contributed by atoms with Crippen LogP contribution in [0.4, 0.5) is 32.0 Å². The number of anilines is 1. The number of amides is 1. The maximum Gasteiger partial charge on any atom is 0.439 e. The van der Waals surface area contributed by atoms with Gasteiger partial charge in [0.25, 0.3) is 12.1 Å². The number of alkyl halides is 6. The first-order valence-corrected chi connectivity index (χ1v) is 6.68. The molecule has 0 bridgehead atoms. The SMILES string of the molecule is O=C(Nc1ccc(OC(F)(F)C(F)C(F)(F)F)cc1)c1cccnc1. The molecular formula is C15H10F6N2O2. The Morgan fingerprint density at radius 3 is 2.24 bits per heavy atom. The molecule has 4 nitrogen and oxygen atoms in total. The number of aromatic nitrogens is 1. The summed E-state index contributed by atoms with van der Waals surface area (Å²) in [5.41, 5.74) is 0.400. The number of pyridine rings is 1. The normalized spacial score (nSPS) is 13.2. The number of carbonyl (C=O) groups is 1. The summed E-state index contributed by atoms with van der Waals surface area (Å²) in [6, 6.07) is 6.98. The number of benzene rings is 1. The Hall–Kier alpha value is -2.78. The third-order valence-electron chi connectivity index (χ3n) is 2.87. The van der Waals surface area contributed by atoms with Crippen molar-refractivity contribution >= 4 is 11.6 Å². The van der Waals surface area contributed by atoms with Gasteiger partial charge in [0.2, 0.25) is 0 Å². The Balaban J connectivity index is 2.04. The summed E-state index contributed by atoms with van der Waals surface area (Å²) in [4.78, 5) is 15.6. The Bertz CT molecular complexity index is 719. The lowest BCUT2D eigenvalue weighted by Crippen LogP contribution is -2.45. The first kappa shape index (κ1) is 18.6. The second kappa shape index (κ2) is 6.99. The predicted octanol–water partition coefficient (Wildman–Crippen LogP) is 4.21. The summed E-state index contributed by atoms with van der Waals surface area (Å²) in [6.07, 6.45) is -12.6. The largest absolute Gasteiger partial charge is 0.439 e. The van der Waals surface area contributed by atoms with Gasteiger partial charge in [-0.1, -0.05) is 0 Å². The van der Waals surface area contributed by atoms with Crippen LogP contribution in [0.5, 0.6) is 5.75 Å². The molecule has 10 heteroatoms. The molecule has 1 unspecified atom stereocenters. The van der Waals surface area contributed by atoms with E-state index in [4.69, 9.17) is 0 Å². The smallest absolute Gasteiger partial charge is 0.430 e. The summed E-state index contributed by atoms with van der Waals surface area (Å²) >= 11 is 0. The molecule has 0 radical (unpaired) electrons. The van der Waals surface area contributed by atoms with Gasteiger partial charge < -0.3 is 10.1 Å². The number of ether oxygens (including phenoxy) is 1. The molecule has 134 valence electrons. The molecule has 25 heavy (non-hydrogen) atoms. The zero-order chi connectivity index (χ0) is 18.7. The average molecular weight is 364 g/mol. The van der Waals surface area contributed by atoms with E-state index in [1.807, 2.05) is 0 Å². The topological polar surface area (TPSA) is 51.2 Å². The highest BCUT2D eigenvalue weighted by atomic mass is 19.4. The lowest BCUT2D eigenvalue weighted by Gasteiger charge is -2.23. The minimum absolute atomic E-state index is 0.164. The van der Waals surface area contributed by atoms with Gasteiger partial charge in [0.05, 0.1) is 5.56 Å². The van der Waals surface area contributed by atoms with E-state index in [1.54, 1.807) is 0 Å². The van der Waals surface area contributed by atoms with E-state index in [0.717, 1.165) is 24.3 Å². The minimum atomic E-state index is -5.76. The van der Waals surface area contributed by atoms with E-state index in [2.05, 4.69) is 15.0 Å². The number of nitrogens with zero attached hydrogens (tertiary/aromatic N) is 1. The Kier molecular flexibility index (Phi) is 5.19. The lowest BCUT2D eigenvalue weighted by molar-refractivity contribution is -0.304. The molecule has 0 aliphatic rings. The molecule has 1 atom stereocenters. The van der Waals surface area contributed by atoms with Crippen molar-refractivity contribution in [2.24, 2.45) is 0 Å². The van der Waals surface area contributed by atoms with Gasteiger partial charge in [-0.2, -0.15) is 22.0 Å². The van der Waals surface area contributed by atoms with Crippen LogP contribution in [0, 0.1) is 0 Å². The second-order valence-electron chi connectivity index (χ2n) is 4.79. The molecular weight excluding hydrogens is 354 g/mol. The second-order valence-corrected chi connectivity index (χ2v) is 4.79. The van der Waals surface area contributed by atoms with Gasteiger partial charge in [0.15, 0.2) is 0 Å². The van der Waals surface area contributed by atoms with E-state index < -0.39 is 30.1 Å². The highest BCUT2D eigenvalue weighted by Crippen LogP contribution is 2.36. The molecule has 1 aromatic carbocycles.